The molecule has 0 saturated heterocycles. The van der Waals surface area contributed by atoms with Crippen molar-refractivity contribution in [2.75, 3.05) is 24.2 Å². The Kier molecular flexibility index (Phi) is 4.27. The van der Waals surface area contributed by atoms with Gasteiger partial charge in [-0.3, -0.25) is 0 Å². The highest BCUT2D eigenvalue weighted by Gasteiger charge is 2.27. The molecule has 0 aliphatic heterocycles. The monoisotopic (exact) mass is 353 g/mol. The van der Waals surface area contributed by atoms with Crippen LogP contribution < -0.4 is 10.6 Å². The van der Waals surface area contributed by atoms with Crippen molar-refractivity contribution in [3.8, 4) is 10.6 Å². The number of fused-ring (bicyclic) bond motifs is 1. The molecule has 0 saturated carbocycles. The van der Waals surface area contributed by atoms with Gasteiger partial charge in [-0.15, -0.1) is 11.3 Å². The van der Waals surface area contributed by atoms with Crippen LogP contribution in [-0.4, -0.2) is 34.7 Å². The van der Waals surface area contributed by atoms with Gasteiger partial charge in [-0.25, -0.2) is 9.97 Å². The summed E-state index contributed by atoms with van der Waals surface area (Å²) in [7, 11) is 1.66. The summed E-state index contributed by atoms with van der Waals surface area (Å²) in [6.45, 7) is 0.540. The van der Waals surface area contributed by atoms with Gasteiger partial charge in [0.1, 0.15) is 17.4 Å². The van der Waals surface area contributed by atoms with E-state index in [-0.39, 0.29) is 5.95 Å². The lowest BCUT2D eigenvalue weighted by Gasteiger charge is -2.13. The van der Waals surface area contributed by atoms with Crippen LogP contribution in [0.2, 0.25) is 0 Å². The fraction of sp³-hybridized carbons (Fsp3) is 0.267. The molecule has 0 aliphatic carbocycles. The lowest BCUT2D eigenvalue weighted by molar-refractivity contribution is -0.115. The van der Waals surface area contributed by atoms with E-state index in [4.69, 9.17) is 0 Å². The lowest BCUT2D eigenvalue weighted by Crippen LogP contribution is -2.22. The van der Waals surface area contributed by atoms with Gasteiger partial charge in [0.2, 0.25) is 5.95 Å². The minimum atomic E-state index is -4.33. The van der Waals surface area contributed by atoms with E-state index in [1.54, 1.807) is 14.0 Å². The Balaban J connectivity index is 2.01. The summed E-state index contributed by atoms with van der Waals surface area (Å²) >= 11 is 1.49. The van der Waals surface area contributed by atoms with Crippen molar-refractivity contribution < 1.29 is 13.2 Å². The molecule has 0 fully saturated rings. The molecule has 0 aliphatic rings. The maximum Gasteiger partial charge on any atom is 0.405 e. The number of nitrogens with zero attached hydrogens (tertiary/aromatic N) is 3. The van der Waals surface area contributed by atoms with Crippen molar-refractivity contribution in [3.63, 3.8) is 0 Å². The third-order valence-electron chi connectivity index (χ3n) is 3.28. The highest BCUT2D eigenvalue weighted by Crippen LogP contribution is 2.35. The summed E-state index contributed by atoms with van der Waals surface area (Å²) in [6.07, 6.45) is -4.33. The number of anilines is 2. The van der Waals surface area contributed by atoms with Crippen LogP contribution in [0.15, 0.2) is 24.3 Å². The fourth-order valence-electron chi connectivity index (χ4n) is 2.25. The number of benzene rings is 1. The summed E-state index contributed by atoms with van der Waals surface area (Å²) in [4.78, 5) is 12.8. The first kappa shape index (κ1) is 16.4. The van der Waals surface area contributed by atoms with Crippen LogP contribution in [0.25, 0.3) is 20.8 Å². The number of para-hydroxylation sites is 1. The Labute approximate surface area is 140 Å². The Morgan fingerprint density at radius 1 is 1.12 bits per heavy atom. The zero-order valence-electron chi connectivity index (χ0n) is 12.9. The van der Waals surface area contributed by atoms with E-state index in [1.807, 2.05) is 24.3 Å². The molecule has 0 atom stereocenters. The first-order valence-electron chi connectivity index (χ1n) is 7.10. The molecule has 0 bridgehead atoms. The second-order valence-electron chi connectivity index (χ2n) is 5.06. The molecule has 126 valence electrons. The molecule has 2 N–H and O–H groups in total. The van der Waals surface area contributed by atoms with Gasteiger partial charge in [-0.05, 0) is 19.1 Å². The van der Waals surface area contributed by atoms with Gasteiger partial charge in [0, 0.05) is 7.05 Å². The highest BCUT2D eigenvalue weighted by molar-refractivity contribution is 7.21. The Hall–Kier alpha value is -2.42. The maximum absolute atomic E-state index is 12.3. The number of aromatic nitrogens is 3. The summed E-state index contributed by atoms with van der Waals surface area (Å²) in [5.41, 5.74) is 2.10. The van der Waals surface area contributed by atoms with Gasteiger partial charge in [0.05, 0.1) is 21.5 Å². The van der Waals surface area contributed by atoms with Gasteiger partial charge in [0.15, 0.2) is 0 Å². The molecule has 2 aromatic heterocycles. The molecular formula is C15H14F3N5S. The average Bonchev–Trinajstić information content (AvgIpc) is 2.94. The molecule has 5 nitrogen and oxygen atoms in total. The molecule has 24 heavy (non-hydrogen) atoms. The van der Waals surface area contributed by atoms with Gasteiger partial charge in [-0.1, -0.05) is 12.1 Å². The number of hydrogen-bond donors (Lipinski definition) is 2. The van der Waals surface area contributed by atoms with E-state index in [0.717, 1.165) is 15.2 Å². The summed E-state index contributed by atoms with van der Waals surface area (Å²) in [5, 5.41) is 5.83. The predicted octanol–water partition coefficient (Wildman–Crippen LogP) is 4.08. The molecule has 0 spiro atoms. The number of rotatable bonds is 4. The topological polar surface area (TPSA) is 62.7 Å². The van der Waals surface area contributed by atoms with Crippen molar-refractivity contribution in [1.29, 1.82) is 0 Å². The number of thiazole rings is 1. The largest absolute Gasteiger partial charge is 0.405 e. The zero-order valence-corrected chi connectivity index (χ0v) is 13.7. The van der Waals surface area contributed by atoms with Crippen molar-refractivity contribution in [2.24, 2.45) is 0 Å². The highest BCUT2D eigenvalue weighted by atomic mass is 32.1. The molecule has 2 heterocycles. The Morgan fingerprint density at radius 3 is 2.54 bits per heavy atom. The predicted molar refractivity (Wildman–Crippen MR) is 89.5 cm³/mol. The minimum Gasteiger partial charge on any atom is -0.372 e. The number of nitrogens with one attached hydrogen (secondary N) is 2. The standard InChI is InChI=1S/C15H14F3N5S/c1-8-11(13-22-9-5-3-4-6-10(9)24-13)12(19-2)23-14(21-8)20-7-15(16,17)18/h3-6H,7H2,1-2H3,(H2,19,20,21,23). The third-order valence-corrected chi connectivity index (χ3v) is 4.34. The third kappa shape index (κ3) is 3.40. The van der Waals surface area contributed by atoms with E-state index < -0.39 is 12.7 Å². The van der Waals surface area contributed by atoms with E-state index in [9.17, 15) is 13.2 Å². The van der Waals surface area contributed by atoms with Crippen LogP contribution in [0.4, 0.5) is 24.9 Å². The molecule has 3 aromatic rings. The maximum atomic E-state index is 12.3. The Morgan fingerprint density at radius 2 is 1.88 bits per heavy atom. The van der Waals surface area contributed by atoms with Crippen LogP contribution in [0.3, 0.4) is 0 Å². The zero-order chi connectivity index (χ0) is 17.3. The average molecular weight is 353 g/mol. The lowest BCUT2D eigenvalue weighted by atomic mass is 10.2. The number of alkyl halides is 3. The van der Waals surface area contributed by atoms with Gasteiger partial charge in [-0.2, -0.15) is 18.2 Å². The van der Waals surface area contributed by atoms with Crippen LogP contribution in [0.5, 0.6) is 0 Å². The second-order valence-corrected chi connectivity index (χ2v) is 6.09. The molecule has 0 amide bonds. The number of hydrogen-bond acceptors (Lipinski definition) is 6. The molecule has 0 unspecified atom stereocenters. The van der Waals surface area contributed by atoms with E-state index in [2.05, 4.69) is 25.6 Å². The van der Waals surface area contributed by atoms with Crippen LogP contribution in [0.1, 0.15) is 5.69 Å². The summed E-state index contributed by atoms with van der Waals surface area (Å²) in [6, 6.07) is 7.70. The van der Waals surface area contributed by atoms with Crippen LogP contribution >= 0.6 is 11.3 Å². The van der Waals surface area contributed by atoms with Gasteiger partial charge in [0.25, 0.3) is 0 Å². The van der Waals surface area contributed by atoms with E-state index in [1.165, 1.54) is 11.3 Å². The van der Waals surface area contributed by atoms with E-state index in [0.29, 0.717) is 17.1 Å². The molecule has 0 radical (unpaired) electrons. The molecule has 1 aromatic carbocycles. The first-order valence-corrected chi connectivity index (χ1v) is 7.92. The van der Waals surface area contributed by atoms with Gasteiger partial charge >= 0.3 is 6.18 Å². The van der Waals surface area contributed by atoms with E-state index >= 15 is 0 Å². The molecule has 3 rings (SSSR count). The smallest absolute Gasteiger partial charge is 0.372 e. The van der Waals surface area contributed by atoms with Crippen LogP contribution in [0, 0.1) is 6.92 Å². The van der Waals surface area contributed by atoms with Crippen molar-refractivity contribution in [3.05, 3.63) is 30.0 Å². The quantitative estimate of drug-likeness (QED) is 0.740. The molecule has 9 heteroatoms. The Bertz CT molecular complexity index is 842. The summed E-state index contributed by atoms with van der Waals surface area (Å²) in [5.74, 6) is 0.366. The SMILES string of the molecule is CNc1nc(NCC(F)(F)F)nc(C)c1-c1nc2ccccc2s1. The first-order chi connectivity index (χ1) is 11.4. The fourth-order valence-corrected chi connectivity index (χ4v) is 3.31. The van der Waals surface area contributed by atoms with Crippen molar-refractivity contribution in [1.82, 2.24) is 15.0 Å². The van der Waals surface area contributed by atoms with Crippen molar-refractivity contribution in [2.45, 2.75) is 13.1 Å². The number of aryl methyl sites for hydroxylation is 1. The molecular weight excluding hydrogens is 339 g/mol. The normalized spacial score (nSPS) is 11.7. The summed E-state index contributed by atoms with van der Waals surface area (Å²) < 4.78 is 38.1. The number of halogens is 3. The van der Waals surface area contributed by atoms with Gasteiger partial charge < -0.3 is 10.6 Å². The van der Waals surface area contributed by atoms with Crippen molar-refractivity contribution >= 4 is 33.3 Å². The minimum absolute atomic E-state index is 0.0703. The van der Waals surface area contributed by atoms with Crippen LogP contribution in [-0.2, 0) is 0 Å². The second kappa shape index (κ2) is 6.23.